The van der Waals surface area contributed by atoms with Gasteiger partial charge in [0.1, 0.15) is 5.82 Å². The number of halogens is 1. The van der Waals surface area contributed by atoms with Gasteiger partial charge in [0, 0.05) is 18.7 Å². The molecule has 1 aromatic carbocycles. The monoisotopic (exact) mass is 288 g/mol. The van der Waals surface area contributed by atoms with Gasteiger partial charge >= 0.3 is 0 Å². The van der Waals surface area contributed by atoms with Gasteiger partial charge in [-0.3, -0.25) is 4.79 Å². The summed E-state index contributed by atoms with van der Waals surface area (Å²) in [5.41, 5.74) is 6.18. The van der Waals surface area contributed by atoms with Gasteiger partial charge in [0.15, 0.2) is 0 Å². The van der Waals surface area contributed by atoms with Crippen molar-refractivity contribution in [3.05, 3.63) is 35.1 Å². The number of benzene rings is 1. The molecule has 1 aromatic rings. The first kappa shape index (κ1) is 14.1. The number of rotatable bonds is 1. The van der Waals surface area contributed by atoms with Crippen LogP contribution >= 0.6 is 0 Å². The summed E-state index contributed by atoms with van der Waals surface area (Å²) in [6.07, 6.45) is 2.19. The van der Waals surface area contributed by atoms with E-state index in [-0.39, 0.29) is 24.7 Å². The van der Waals surface area contributed by atoms with Crippen LogP contribution in [-0.2, 0) is 4.74 Å². The molecular weight excluding hydrogens is 271 g/mol. The fourth-order valence-corrected chi connectivity index (χ4v) is 2.90. The van der Waals surface area contributed by atoms with Gasteiger partial charge in [-0.05, 0) is 31.0 Å². The number of nitrogens with zero attached hydrogens (tertiary/aromatic N) is 1. The summed E-state index contributed by atoms with van der Waals surface area (Å²) in [6.45, 7) is 1.33. The second-order valence-corrected chi connectivity index (χ2v) is 5.36. The second-order valence-electron chi connectivity index (χ2n) is 5.36. The van der Waals surface area contributed by atoms with Crippen LogP contribution in [0.25, 0.3) is 0 Å². The third kappa shape index (κ3) is 2.92. The minimum atomic E-state index is -0.437. The van der Waals surface area contributed by atoms with Gasteiger partial charge in [0.05, 0.1) is 24.3 Å². The van der Waals surface area contributed by atoms with Crippen molar-refractivity contribution in [2.45, 2.75) is 25.0 Å². The Kier molecular flexibility index (Phi) is 3.91. The Hall–Kier alpha value is -1.90. The molecule has 1 amide bonds. The molecule has 2 aliphatic rings. The molecule has 2 fully saturated rings. The smallest absolute Gasteiger partial charge is 0.255 e. The summed E-state index contributed by atoms with van der Waals surface area (Å²) in [6, 6.07) is 4.08. The molecule has 5 heteroatoms. The first-order valence-corrected chi connectivity index (χ1v) is 7.10. The van der Waals surface area contributed by atoms with Crippen LogP contribution in [0, 0.1) is 17.7 Å². The lowest BCUT2D eigenvalue weighted by molar-refractivity contribution is -0.0303. The fourth-order valence-electron chi connectivity index (χ4n) is 2.90. The lowest BCUT2D eigenvalue weighted by Crippen LogP contribution is -2.46. The van der Waals surface area contributed by atoms with Gasteiger partial charge in [-0.1, -0.05) is 11.8 Å². The van der Waals surface area contributed by atoms with Gasteiger partial charge in [-0.2, -0.15) is 0 Å². The highest BCUT2D eigenvalue weighted by Gasteiger charge is 2.36. The Morgan fingerprint density at radius 1 is 1.38 bits per heavy atom. The number of likely N-dealkylation sites (tertiary alicyclic amines) is 1. The van der Waals surface area contributed by atoms with E-state index >= 15 is 0 Å². The van der Waals surface area contributed by atoms with Crippen molar-refractivity contribution in [1.82, 2.24) is 4.90 Å². The third-order valence-electron chi connectivity index (χ3n) is 3.87. The SMILES string of the molecule is NCC#Cc1ccc(F)cc1C(=O)N1CC2CCC(C1)O2. The summed E-state index contributed by atoms with van der Waals surface area (Å²) in [4.78, 5) is 14.4. The van der Waals surface area contributed by atoms with E-state index in [2.05, 4.69) is 11.8 Å². The standard InChI is InChI=1S/C16H17FN2O2/c17-12-4-3-11(2-1-7-18)15(8-12)16(20)19-9-13-5-6-14(10-19)21-13/h3-4,8,13-14H,5-7,9-10,18H2. The quantitative estimate of drug-likeness (QED) is 0.788. The molecule has 2 atom stereocenters. The summed E-state index contributed by atoms with van der Waals surface area (Å²) < 4.78 is 19.2. The number of amides is 1. The highest BCUT2D eigenvalue weighted by Crippen LogP contribution is 2.27. The molecule has 0 saturated carbocycles. The van der Waals surface area contributed by atoms with Crippen LogP contribution in [0.2, 0.25) is 0 Å². The van der Waals surface area contributed by atoms with Gasteiger partial charge < -0.3 is 15.4 Å². The predicted octanol–water partition coefficient (Wildman–Crippen LogP) is 1.14. The zero-order valence-electron chi connectivity index (χ0n) is 11.6. The Balaban J connectivity index is 1.88. The average molecular weight is 288 g/mol. The van der Waals surface area contributed by atoms with E-state index in [4.69, 9.17) is 10.5 Å². The molecule has 0 aromatic heterocycles. The number of nitrogens with two attached hydrogens (primary N) is 1. The largest absolute Gasteiger partial charge is 0.371 e. The molecule has 2 saturated heterocycles. The first-order chi connectivity index (χ1) is 10.2. The van der Waals surface area contributed by atoms with Crippen LogP contribution in [0.4, 0.5) is 4.39 Å². The molecule has 21 heavy (non-hydrogen) atoms. The molecule has 2 bridgehead atoms. The van der Waals surface area contributed by atoms with Crippen LogP contribution < -0.4 is 5.73 Å². The molecule has 2 heterocycles. The number of morpholine rings is 1. The van der Waals surface area contributed by atoms with E-state index in [1.54, 1.807) is 4.90 Å². The van der Waals surface area contributed by atoms with Crippen LogP contribution in [0.3, 0.4) is 0 Å². The van der Waals surface area contributed by atoms with Crippen molar-refractivity contribution in [1.29, 1.82) is 0 Å². The van der Waals surface area contributed by atoms with Crippen molar-refractivity contribution in [2.75, 3.05) is 19.6 Å². The molecule has 2 unspecified atom stereocenters. The Bertz CT molecular complexity index is 608. The van der Waals surface area contributed by atoms with Crippen LogP contribution in [0.5, 0.6) is 0 Å². The molecule has 2 aliphatic heterocycles. The lowest BCUT2D eigenvalue weighted by atomic mass is 10.1. The van der Waals surface area contributed by atoms with Gasteiger partial charge in [-0.25, -0.2) is 4.39 Å². The van der Waals surface area contributed by atoms with Crippen molar-refractivity contribution < 1.29 is 13.9 Å². The van der Waals surface area contributed by atoms with Crippen molar-refractivity contribution in [3.8, 4) is 11.8 Å². The van der Waals surface area contributed by atoms with E-state index in [0.717, 1.165) is 12.8 Å². The lowest BCUT2D eigenvalue weighted by Gasteiger charge is -2.32. The highest BCUT2D eigenvalue weighted by molar-refractivity contribution is 5.97. The molecule has 0 spiro atoms. The Morgan fingerprint density at radius 3 is 2.76 bits per heavy atom. The Labute approximate surface area is 123 Å². The first-order valence-electron chi connectivity index (χ1n) is 7.10. The topological polar surface area (TPSA) is 55.6 Å². The molecule has 110 valence electrons. The third-order valence-corrected chi connectivity index (χ3v) is 3.87. The summed E-state index contributed by atoms with van der Waals surface area (Å²) in [7, 11) is 0. The van der Waals surface area contributed by atoms with Crippen LogP contribution in [-0.4, -0.2) is 42.6 Å². The minimum Gasteiger partial charge on any atom is -0.371 e. The van der Waals surface area contributed by atoms with E-state index in [1.165, 1.54) is 18.2 Å². The maximum absolute atomic E-state index is 13.5. The number of fused-ring (bicyclic) bond motifs is 2. The maximum Gasteiger partial charge on any atom is 0.255 e. The van der Waals surface area contributed by atoms with E-state index in [1.807, 2.05) is 0 Å². The number of hydrogen-bond donors (Lipinski definition) is 1. The zero-order chi connectivity index (χ0) is 14.8. The number of carbonyl (C=O) groups is 1. The molecule has 0 radical (unpaired) electrons. The molecule has 0 aliphatic carbocycles. The van der Waals surface area contributed by atoms with Crippen LogP contribution in [0.15, 0.2) is 18.2 Å². The second kappa shape index (κ2) is 5.84. The zero-order valence-corrected chi connectivity index (χ0v) is 11.6. The maximum atomic E-state index is 13.5. The van der Waals surface area contributed by atoms with Crippen molar-refractivity contribution >= 4 is 5.91 Å². The fraction of sp³-hybridized carbons (Fsp3) is 0.438. The van der Waals surface area contributed by atoms with Gasteiger partial charge in [-0.15, -0.1) is 0 Å². The molecular formula is C16H17FN2O2. The van der Waals surface area contributed by atoms with Gasteiger partial charge in [0.25, 0.3) is 5.91 Å². The number of hydrogen-bond acceptors (Lipinski definition) is 3. The van der Waals surface area contributed by atoms with Crippen molar-refractivity contribution in [3.63, 3.8) is 0 Å². The van der Waals surface area contributed by atoms with Crippen molar-refractivity contribution in [2.24, 2.45) is 5.73 Å². The minimum absolute atomic E-state index is 0.111. The number of carbonyl (C=O) groups excluding carboxylic acids is 1. The molecule has 4 nitrogen and oxygen atoms in total. The Morgan fingerprint density at radius 2 is 2.10 bits per heavy atom. The summed E-state index contributed by atoms with van der Waals surface area (Å²) >= 11 is 0. The van der Waals surface area contributed by atoms with E-state index < -0.39 is 5.82 Å². The number of ether oxygens (including phenoxy) is 1. The molecule has 2 N–H and O–H groups in total. The summed E-state index contributed by atoms with van der Waals surface area (Å²) in [5, 5.41) is 0. The average Bonchev–Trinajstić information content (AvgIpc) is 2.83. The highest BCUT2D eigenvalue weighted by atomic mass is 19.1. The van der Waals surface area contributed by atoms with E-state index in [9.17, 15) is 9.18 Å². The molecule has 3 rings (SSSR count). The van der Waals surface area contributed by atoms with E-state index in [0.29, 0.717) is 24.2 Å². The normalized spacial score (nSPS) is 23.6. The van der Waals surface area contributed by atoms with Crippen LogP contribution in [0.1, 0.15) is 28.8 Å². The predicted molar refractivity (Wildman–Crippen MR) is 76.1 cm³/mol. The summed E-state index contributed by atoms with van der Waals surface area (Å²) in [5.74, 6) is 4.93. The van der Waals surface area contributed by atoms with Gasteiger partial charge in [0.2, 0.25) is 0 Å².